The zero-order chi connectivity index (χ0) is 23.1. The zero-order valence-corrected chi connectivity index (χ0v) is 18.8. The minimum atomic E-state index is -3.84. The first kappa shape index (κ1) is 23.0. The van der Waals surface area contributed by atoms with Crippen LogP contribution >= 0.6 is 0 Å². The second kappa shape index (κ2) is 10.1. The molecule has 0 unspecified atom stereocenters. The first-order valence-corrected chi connectivity index (χ1v) is 11.3. The number of sulfonamides is 1. The summed E-state index contributed by atoms with van der Waals surface area (Å²) in [5, 5.41) is 2.67. The van der Waals surface area contributed by atoms with E-state index in [1.165, 1.54) is 24.3 Å². The summed E-state index contributed by atoms with van der Waals surface area (Å²) in [7, 11) is -3.84. The van der Waals surface area contributed by atoms with Gasteiger partial charge in [-0.05, 0) is 57.2 Å². The van der Waals surface area contributed by atoms with E-state index in [1.54, 1.807) is 38.1 Å². The van der Waals surface area contributed by atoms with E-state index >= 15 is 0 Å². The second-order valence-electron chi connectivity index (χ2n) is 6.79. The van der Waals surface area contributed by atoms with Crippen LogP contribution in [0.3, 0.4) is 0 Å². The van der Waals surface area contributed by atoms with Crippen LogP contribution < -0.4 is 19.5 Å². The summed E-state index contributed by atoms with van der Waals surface area (Å²) in [6.45, 7) is 5.55. The molecule has 0 aliphatic carbocycles. The van der Waals surface area contributed by atoms with E-state index in [-0.39, 0.29) is 17.3 Å². The molecular formula is C22H24N4O5S. The number of carbonyl (C=O) groups is 1. The molecule has 32 heavy (non-hydrogen) atoms. The van der Waals surface area contributed by atoms with Gasteiger partial charge in [-0.25, -0.2) is 18.4 Å². The van der Waals surface area contributed by atoms with Crippen molar-refractivity contribution in [2.45, 2.75) is 25.7 Å². The number of hydrogen-bond donors (Lipinski definition) is 2. The van der Waals surface area contributed by atoms with Gasteiger partial charge in [0, 0.05) is 17.4 Å². The Labute approximate surface area is 186 Å². The largest absolute Gasteiger partial charge is 0.490 e. The van der Waals surface area contributed by atoms with E-state index in [2.05, 4.69) is 20.0 Å². The molecule has 0 saturated heterocycles. The predicted molar refractivity (Wildman–Crippen MR) is 120 cm³/mol. The Morgan fingerprint density at radius 2 is 1.62 bits per heavy atom. The van der Waals surface area contributed by atoms with Gasteiger partial charge >= 0.3 is 0 Å². The van der Waals surface area contributed by atoms with Crippen molar-refractivity contribution in [2.24, 2.45) is 0 Å². The van der Waals surface area contributed by atoms with Crippen LogP contribution in [0.5, 0.6) is 11.5 Å². The molecule has 0 aliphatic rings. The van der Waals surface area contributed by atoms with Crippen molar-refractivity contribution in [1.82, 2.24) is 9.97 Å². The van der Waals surface area contributed by atoms with Gasteiger partial charge in [0.05, 0.1) is 11.5 Å². The number of amides is 1. The molecule has 1 amide bonds. The number of nitrogens with zero attached hydrogens (tertiary/aromatic N) is 2. The summed E-state index contributed by atoms with van der Waals surface area (Å²) in [5.41, 5.74) is 1.09. The lowest BCUT2D eigenvalue weighted by Gasteiger charge is -2.12. The number of rotatable bonds is 9. The van der Waals surface area contributed by atoms with Crippen LogP contribution in [0.4, 0.5) is 11.5 Å². The van der Waals surface area contributed by atoms with Gasteiger partial charge in [0.15, 0.2) is 18.1 Å². The van der Waals surface area contributed by atoms with Crippen molar-refractivity contribution >= 4 is 27.4 Å². The lowest BCUT2D eigenvalue weighted by Crippen LogP contribution is -2.20. The lowest BCUT2D eigenvalue weighted by molar-refractivity contribution is -0.118. The van der Waals surface area contributed by atoms with Crippen LogP contribution in [-0.2, 0) is 14.8 Å². The maximum atomic E-state index is 12.6. The Morgan fingerprint density at radius 1 is 0.969 bits per heavy atom. The van der Waals surface area contributed by atoms with E-state index in [0.29, 0.717) is 35.3 Å². The molecule has 0 fully saturated rings. The summed E-state index contributed by atoms with van der Waals surface area (Å²) < 4.78 is 38.6. The predicted octanol–water partition coefficient (Wildman–Crippen LogP) is 3.31. The van der Waals surface area contributed by atoms with Crippen LogP contribution in [0.1, 0.15) is 18.4 Å². The molecule has 9 nitrogen and oxygen atoms in total. The molecule has 1 heterocycles. The maximum absolute atomic E-state index is 12.6. The number of carbonyl (C=O) groups excluding carboxylic acids is 1. The molecule has 0 atom stereocenters. The Hall–Kier alpha value is -3.66. The standard InChI is InChI=1S/C22H24N4O5S/c1-4-30-19-7-5-6-8-20(19)31-14-22(27)25-17-9-11-18(12-10-17)32(28,29)26-21-13-15(2)23-16(3)24-21/h5-13H,4,14H2,1-3H3,(H,25,27)(H,23,24,26). The third-order valence-corrected chi connectivity index (χ3v) is 5.53. The normalized spacial score (nSPS) is 11.0. The summed E-state index contributed by atoms with van der Waals surface area (Å²) in [4.78, 5) is 20.5. The summed E-state index contributed by atoms with van der Waals surface area (Å²) >= 11 is 0. The molecule has 0 saturated carbocycles. The molecule has 2 N–H and O–H groups in total. The van der Waals surface area contributed by atoms with Gasteiger partial charge in [-0.15, -0.1) is 0 Å². The van der Waals surface area contributed by atoms with Crippen LogP contribution in [0.2, 0.25) is 0 Å². The number of anilines is 2. The van der Waals surface area contributed by atoms with E-state index in [0.717, 1.165) is 0 Å². The van der Waals surface area contributed by atoms with Crippen molar-refractivity contribution in [2.75, 3.05) is 23.3 Å². The lowest BCUT2D eigenvalue weighted by atomic mass is 10.3. The summed E-state index contributed by atoms with van der Waals surface area (Å²) in [5.74, 6) is 1.28. The fourth-order valence-electron chi connectivity index (χ4n) is 2.87. The highest BCUT2D eigenvalue weighted by atomic mass is 32.2. The smallest absolute Gasteiger partial charge is 0.263 e. The van der Waals surface area contributed by atoms with Gasteiger partial charge in [0.2, 0.25) is 0 Å². The number of aromatic nitrogens is 2. The van der Waals surface area contributed by atoms with Crippen LogP contribution in [0, 0.1) is 13.8 Å². The number of benzene rings is 2. The van der Waals surface area contributed by atoms with Crippen LogP contribution in [0.25, 0.3) is 0 Å². The first-order valence-electron chi connectivity index (χ1n) is 9.86. The number of nitrogens with one attached hydrogen (secondary N) is 2. The Kier molecular flexibility index (Phi) is 7.26. The quantitative estimate of drug-likeness (QED) is 0.507. The van der Waals surface area contributed by atoms with Crippen molar-refractivity contribution < 1.29 is 22.7 Å². The van der Waals surface area contributed by atoms with Crippen molar-refractivity contribution in [3.8, 4) is 11.5 Å². The SMILES string of the molecule is CCOc1ccccc1OCC(=O)Nc1ccc(S(=O)(=O)Nc2cc(C)nc(C)n2)cc1. The molecule has 0 radical (unpaired) electrons. The van der Waals surface area contributed by atoms with E-state index in [1.807, 2.05) is 13.0 Å². The fraction of sp³-hybridized carbons (Fsp3) is 0.227. The van der Waals surface area contributed by atoms with E-state index in [4.69, 9.17) is 9.47 Å². The monoisotopic (exact) mass is 456 g/mol. The number of ether oxygens (including phenoxy) is 2. The Bertz CT molecular complexity index is 1180. The Morgan fingerprint density at radius 3 is 2.25 bits per heavy atom. The molecule has 10 heteroatoms. The van der Waals surface area contributed by atoms with Crippen molar-refractivity contribution in [3.05, 3.63) is 66.1 Å². The number of hydrogen-bond acceptors (Lipinski definition) is 7. The van der Waals surface area contributed by atoms with Gasteiger partial charge in [0.25, 0.3) is 15.9 Å². The van der Waals surface area contributed by atoms with Crippen LogP contribution in [0.15, 0.2) is 59.5 Å². The van der Waals surface area contributed by atoms with Gasteiger partial charge in [-0.1, -0.05) is 12.1 Å². The molecule has 2 aromatic carbocycles. The summed E-state index contributed by atoms with van der Waals surface area (Å²) in [6, 6.07) is 14.4. The highest BCUT2D eigenvalue weighted by Gasteiger charge is 2.16. The summed E-state index contributed by atoms with van der Waals surface area (Å²) in [6.07, 6.45) is 0. The molecule has 168 valence electrons. The van der Waals surface area contributed by atoms with Crippen LogP contribution in [-0.4, -0.2) is 37.5 Å². The molecule has 0 aliphatic heterocycles. The minimum absolute atomic E-state index is 0.0336. The molecule has 3 aromatic rings. The van der Waals surface area contributed by atoms with Gasteiger partial charge < -0.3 is 14.8 Å². The first-order chi connectivity index (χ1) is 15.3. The highest BCUT2D eigenvalue weighted by molar-refractivity contribution is 7.92. The molecule has 0 spiro atoms. The van der Waals surface area contributed by atoms with Crippen molar-refractivity contribution in [1.29, 1.82) is 0 Å². The average Bonchev–Trinajstić information content (AvgIpc) is 2.72. The van der Waals surface area contributed by atoms with Crippen molar-refractivity contribution in [3.63, 3.8) is 0 Å². The molecular weight excluding hydrogens is 432 g/mol. The number of para-hydroxylation sites is 2. The Balaban J connectivity index is 1.61. The van der Waals surface area contributed by atoms with Gasteiger partial charge in [0.1, 0.15) is 11.6 Å². The maximum Gasteiger partial charge on any atom is 0.263 e. The zero-order valence-electron chi connectivity index (χ0n) is 18.0. The highest BCUT2D eigenvalue weighted by Crippen LogP contribution is 2.26. The third kappa shape index (κ3) is 6.17. The van der Waals surface area contributed by atoms with E-state index in [9.17, 15) is 13.2 Å². The molecule has 0 bridgehead atoms. The average molecular weight is 457 g/mol. The molecule has 3 rings (SSSR count). The fourth-order valence-corrected chi connectivity index (χ4v) is 3.86. The minimum Gasteiger partial charge on any atom is -0.490 e. The molecule has 1 aromatic heterocycles. The number of aryl methyl sites for hydroxylation is 2. The van der Waals surface area contributed by atoms with Gasteiger partial charge in [-0.2, -0.15) is 0 Å². The topological polar surface area (TPSA) is 120 Å². The second-order valence-corrected chi connectivity index (χ2v) is 8.47. The third-order valence-electron chi connectivity index (χ3n) is 4.16. The van der Waals surface area contributed by atoms with E-state index < -0.39 is 15.9 Å². The van der Waals surface area contributed by atoms with Gasteiger partial charge in [-0.3, -0.25) is 9.52 Å².